The standard InChI is InChI=1S/C13H9N3O2/c17-9-12-5-6-13(18-12)10-1-3-11(4-2-10)16-14-7-8-15-16/h1-9H. The van der Waals surface area contributed by atoms with E-state index >= 15 is 0 Å². The molecule has 0 amide bonds. The Morgan fingerprint density at radius 3 is 2.33 bits per heavy atom. The second-order valence-corrected chi connectivity index (χ2v) is 3.69. The van der Waals surface area contributed by atoms with E-state index in [1.165, 1.54) is 4.80 Å². The third-order valence-corrected chi connectivity index (χ3v) is 2.54. The third kappa shape index (κ3) is 1.82. The number of aldehydes is 1. The van der Waals surface area contributed by atoms with Crippen molar-refractivity contribution >= 4 is 6.29 Å². The fourth-order valence-electron chi connectivity index (χ4n) is 1.68. The molecule has 5 nitrogen and oxygen atoms in total. The Bertz CT molecular complexity index is 654. The van der Waals surface area contributed by atoms with Crippen LogP contribution >= 0.6 is 0 Å². The molecular formula is C13H9N3O2. The Balaban J connectivity index is 1.93. The molecule has 0 aliphatic heterocycles. The normalized spacial score (nSPS) is 10.4. The van der Waals surface area contributed by atoms with E-state index in [1.807, 2.05) is 24.3 Å². The van der Waals surface area contributed by atoms with Crippen LogP contribution in [0.25, 0.3) is 17.0 Å². The van der Waals surface area contributed by atoms with Gasteiger partial charge in [-0.05, 0) is 36.4 Å². The summed E-state index contributed by atoms with van der Waals surface area (Å²) in [6, 6.07) is 11.0. The van der Waals surface area contributed by atoms with E-state index in [9.17, 15) is 4.79 Å². The first kappa shape index (κ1) is 10.5. The fraction of sp³-hybridized carbons (Fsp3) is 0. The first-order valence-corrected chi connectivity index (χ1v) is 5.39. The number of aromatic nitrogens is 3. The maximum atomic E-state index is 10.5. The minimum absolute atomic E-state index is 0.322. The smallest absolute Gasteiger partial charge is 0.185 e. The van der Waals surface area contributed by atoms with Gasteiger partial charge in [-0.25, -0.2) is 0 Å². The molecule has 18 heavy (non-hydrogen) atoms. The molecule has 0 N–H and O–H groups in total. The highest BCUT2D eigenvalue weighted by Crippen LogP contribution is 2.22. The lowest BCUT2D eigenvalue weighted by atomic mass is 10.1. The van der Waals surface area contributed by atoms with E-state index in [4.69, 9.17) is 4.42 Å². The van der Waals surface area contributed by atoms with Crippen LogP contribution in [0.15, 0.2) is 53.2 Å². The van der Waals surface area contributed by atoms with E-state index in [0.717, 1.165) is 11.3 Å². The van der Waals surface area contributed by atoms with Crippen molar-refractivity contribution in [3.8, 4) is 17.0 Å². The maximum Gasteiger partial charge on any atom is 0.185 e. The Kier molecular flexibility index (Phi) is 2.49. The predicted octanol–water partition coefficient (Wildman–Crippen LogP) is 2.34. The number of furan rings is 1. The van der Waals surface area contributed by atoms with E-state index in [1.54, 1.807) is 24.5 Å². The Hall–Kier alpha value is -2.69. The SMILES string of the molecule is O=Cc1ccc(-c2ccc(-n3nccn3)cc2)o1. The molecular weight excluding hydrogens is 230 g/mol. The van der Waals surface area contributed by atoms with Gasteiger partial charge in [0.05, 0.1) is 18.1 Å². The Morgan fingerprint density at radius 2 is 1.72 bits per heavy atom. The zero-order valence-corrected chi connectivity index (χ0v) is 9.35. The Morgan fingerprint density at radius 1 is 1.00 bits per heavy atom. The summed E-state index contributed by atoms with van der Waals surface area (Å²) >= 11 is 0. The van der Waals surface area contributed by atoms with Crippen molar-refractivity contribution < 1.29 is 9.21 Å². The molecule has 0 atom stereocenters. The van der Waals surface area contributed by atoms with Gasteiger partial charge in [0.2, 0.25) is 0 Å². The number of benzene rings is 1. The molecule has 0 bridgehead atoms. The molecule has 5 heteroatoms. The molecule has 0 saturated carbocycles. The molecule has 3 aromatic rings. The van der Waals surface area contributed by atoms with Gasteiger partial charge in [-0.2, -0.15) is 15.0 Å². The second kappa shape index (κ2) is 4.29. The van der Waals surface area contributed by atoms with Crippen LogP contribution in [0.3, 0.4) is 0 Å². The quantitative estimate of drug-likeness (QED) is 0.658. The number of rotatable bonds is 3. The molecule has 0 aliphatic carbocycles. The van der Waals surface area contributed by atoms with Crippen molar-refractivity contribution in [2.24, 2.45) is 0 Å². The molecule has 2 heterocycles. The largest absolute Gasteiger partial charge is 0.453 e. The topological polar surface area (TPSA) is 60.9 Å². The number of hydrogen-bond donors (Lipinski definition) is 0. The highest BCUT2D eigenvalue weighted by atomic mass is 16.3. The second-order valence-electron chi connectivity index (χ2n) is 3.69. The lowest BCUT2D eigenvalue weighted by Gasteiger charge is -2.00. The van der Waals surface area contributed by atoms with Crippen LogP contribution in [0.1, 0.15) is 10.6 Å². The summed E-state index contributed by atoms with van der Waals surface area (Å²) in [5, 5.41) is 8.08. The minimum atomic E-state index is 0.322. The average molecular weight is 239 g/mol. The molecule has 0 aliphatic rings. The molecule has 0 fully saturated rings. The number of hydrogen-bond acceptors (Lipinski definition) is 4. The molecule has 3 rings (SSSR count). The molecule has 2 aromatic heterocycles. The summed E-state index contributed by atoms with van der Waals surface area (Å²) in [5.74, 6) is 0.986. The van der Waals surface area contributed by atoms with Crippen molar-refractivity contribution in [2.45, 2.75) is 0 Å². The molecule has 0 radical (unpaired) electrons. The van der Waals surface area contributed by atoms with Gasteiger partial charge < -0.3 is 4.42 Å². The van der Waals surface area contributed by atoms with Gasteiger partial charge in [-0.1, -0.05) is 0 Å². The fourth-order valence-corrected chi connectivity index (χ4v) is 1.68. The summed E-state index contributed by atoms with van der Waals surface area (Å²) in [7, 11) is 0. The number of nitrogens with zero attached hydrogens (tertiary/aromatic N) is 3. The van der Waals surface area contributed by atoms with Gasteiger partial charge in [0.1, 0.15) is 5.76 Å². The van der Waals surface area contributed by atoms with Crippen molar-refractivity contribution in [2.75, 3.05) is 0 Å². The monoisotopic (exact) mass is 239 g/mol. The number of carbonyl (C=O) groups excluding carboxylic acids is 1. The van der Waals surface area contributed by atoms with Gasteiger partial charge in [0.15, 0.2) is 12.0 Å². The zero-order chi connectivity index (χ0) is 12.4. The molecule has 0 unspecified atom stereocenters. The summed E-state index contributed by atoms with van der Waals surface area (Å²) in [4.78, 5) is 12.1. The van der Waals surface area contributed by atoms with Crippen LogP contribution in [0.2, 0.25) is 0 Å². The van der Waals surface area contributed by atoms with Gasteiger partial charge in [0.25, 0.3) is 0 Å². The van der Waals surface area contributed by atoms with Crippen LogP contribution in [0.4, 0.5) is 0 Å². The van der Waals surface area contributed by atoms with E-state index in [-0.39, 0.29) is 0 Å². The van der Waals surface area contributed by atoms with Crippen LogP contribution in [-0.4, -0.2) is 21.3 Å². The van der Waals surface area contributed by atoms with E-state index in [2.05, 4.69) is 10.2 Å². The van der Waals surface area contributed by atoms with E-state index in [0.29, 0.717) is 17.8 Å². The first-order valence-electron chi connectivity index (χ1n) is 5.39. The van der Waals surface area contributed by atoms with E-state index < -0.39 is 0 Å². The van der Waals surface area contributed by atoms with Gasteiger partial charge in [0, 0.05) is 5.56 Å². The third-order valence-electron chi connectivity index (χ3n) is 2.54. The summed E-state index contributed by atoms with van der Waals surface area (Å²) in [5.41, 5.74) is 1.77. The van der Waals surface area contributed by atoms with Crippen molar-refractivity contribution in [3.63, 3.8) is 0 Å². The van der Waals surface area contributed by atoms with Crippen LogP contribution in [0.5, 0.6) is 0 Å². The first-order chi connectivity index (χ1) is 8.86. The lowest BCUT2D eigenvalue weighted by Crippen LogP contribution is -1.97. The summed E-state index contributed by atoms with van der Waals surface area (Å²) in [6.07, 6.45) is 3.93. The molecule has 0 spiro atoms. The van der Waals surface area contributed by atoms with Crippen molar-refractivity contribution in [1.82, 2.24) is 15.0 Å². The molecule has 1 aromatic carbocycles. The summed E-state index contributed by atoms with van der Waals surface area (Å²) < 4.78 is 5.34. The highest BCUT2D eigenvalue weighted by molar-refractivity contribution is 5.72. The predicted molar refractivity (Wildman–Crippen MR) is 64.4 cm³/mol. The van der Waals surface area contributed by atoms with Gasteiger partial charge in [-0.15, -0.1) is 0 Å². The van der Waals surface area contributed by atoms with Gasteiger partial charge >= 0.3 is 0 Å². The molecule has 0 saturated heterocycles. The highest BCUT2D eigenvalue weighted by Gasteiger charge is 2.04. The van der Waals surface area contributed by atoms with Crippen LogP contribution in [0, 0.1) is 0 Å². The Labute approximate surface area is 103 Å². The van der Waals surface area contributed by atoms with Crippen molar-refractivity contribution in [3.05, 3.63) is 54.6 Å². The van der Waals surface area contributed by atoms with Crippen LogP contribution in [-0.2, 0) is 0 Å². The molecule has 88 valence electrons. The van der Waals surface area contributed by atoms with Gasteiger partial charge in [-0.3, -0.25) is 4.79 Å². The lowest BCUT2D eigenvalue weighted by molar-refractivity contribution is 0.110. The minimum Gasteiger partial charge on any atom is -0.453 e. The number of carbonyl (C=O) groups is 1. The van der Waals surface area contributed by atoms with Crippen molar-refractivity contribution in [1.29, 1.82) is 0 Å². The summed E-state index contributed by atoms with van der Waals surface area (Å²) in [6.45, 7) is 0. The van der Waals surface area contributed by atoms with Crippen LogP contribution < -0.4 is 0 Å². The zero-order valence-electron chi connectivity index (χ0n) is 9.35. The average Bonchev–Trinajstić information content (AvgIpc) is 3.10. The maximum absolute atomic E-state index is 10.5.